The number of urea groups is 1. The summed E-state index contributed by atoms with van der Waals surface area (Å²) in [5, 5.41) is 6.48. The van der Waals surface area contributed by atoms with Gasteiger partial charge in [-0.15, -0.1) is 0 Å². The molecule has 2 unspecified atom stereocenters. The molecule has 2 N–H and O–H groups in total. The SMILES string of the molecule is CC(=O)c1cccc(N(C)C(=O)NC2CCC(Cc3ccccc3)CN2)c1. The second-order valence-corrected chi connectivity index (χ2v) is 7.21. The molecule has 142 valence electrons. The molecule has 2 amide bonds. The number of amides is 2. The first-order valence-electron chi connectivity index (χ1n) is 9.45. The molecule has 1 saturated heterocycles. The maximum absolute atomic E-state index is 12.6. The number of benzene rings is 2. The van der Waals surface area contributed by atoms with Gasteiger partial charge in [-0.05, 0) is 49.8 Å². The van der Waals surface area contributed by atoms with Crippen LogP contribution in [0, 0.1) is 5.92 Å². The largest absolute Gasteiger partial charge is 0.322 e. The molecule has 27 heavy (non-hydrogen) atoms. The summed E-state index contributed by atoms with van der Waals surface area (Å²) in [6.45, 7) is 2.42. The Labute approximate surface area is 160 Å². The highest BCUT2D eigenvalue weighted by Gasteiger charge is 2.23. The van der Waals surface area contributed by atoms with Gasteiger partial charge in [-0.3, -0.25) is 15.0 Å². The van der Waals surface area contributed by atoms with Crippen molar-refractivity contribution in [1.29, 1.82) is 0 Å². The van der Waals surface area contributed by atoms with Crippen molar-refractivity contribution in [1.82, 2.24) is 10.6 Å². The van der Waals surface area contributed by atoms with Gasteiger partial charge in [-0.1, -0.05) is 42.5 Å². The second kappa shape index (κ2) is 8.82. The van der Waals surface area contributed by atoms with Crippen LogP contribution >= 0.6 is 0 Å². The van der Waals surface area contributed by atoms with E-state index >= 15 is 0 Å². The predicted octanol–water partition coefficient (Wildman–Crippen LogP) is 3.60. The van der Waals surface area contributed by atoms with Crippen LogP contribution in [0.2, 0.25) is 0 Å². The van der Waals surface area contributed by atoms with Crippen molar-refractivity contribution < 1.29 is 9.59 Å². The lowest BCUT2D eigenvalue weighted by atomic mass is 9.91. The van der Waals surface area contributed by atoms with Crippen molar-refractivity contribution in [3.05, 3.63) is 65.7 Å². The van der Waals surface area contributed by atoms with E-state index in [1.54, 1.807) is 30.1 Å². The summed E-state index contributed by atoms with van der Waals surface area (Å²) in [5.74, 6) is 0.578. The van der Waals surface area contributed by atoms with E-state index in [-0.39, 0.29) is 18.0 Å². The summed E-state index contributed by atoms with van der Waals surface area (Å²) >= 11 is 0. The highest BCUT2D eigenvalue weighted by atomic mass is 16.2. The second-order valence-electron chi connectivity index (χ2n) is 7.21. The molecule has 5 nitrogen and oxygen atoms in total. The van der Waals surface area contributed by atoms with Crippen molar-refractivity contribution in [2.75, 3.05) is 18.5 Å². The molecule has 1 heterocycles. The summed E-state index contributed by atoms with van der Waals surface area (Å²) in [6.07, 6.45) is 3.02. The lowest BCUT2D eigenvalue weighted by Crippen LogP contribution is -2.53. The fraction of sp³-hybridized carbons (Fsp3) is 0.364. The van der Waals surface area contributed by atoms with Crippen LogP contribution < -0.4 is 15.5 Å². The monoisotopic (exact) mass is 365 g/mol. The molecule has 2 aromatic rings. The highest BCUT2D eigenvalue weighted by molar-refractivity contribution is 5.97. The average Bonchev–Trinajstić information content (AvgIpc) is 2.69. The molecule has 0 bridgehead atoms. The fourth-order valence-corrected chi connectivity index (χ4v) is 3.46. The summed E-state index contributed by atoms with van der Waals surface area (Å²) in [4.78, 5) is 25.6. The molecule has 0 aromatic heterocycles. The molecule has 0 aliphatic carbocycles. The van der Waals surface area contributed by atoms with Gasteiger partial charge < -0.3 is 5.32 Å². The molecule has 0 spiro atoms. The third kappa shape index (κ3) is 5.17. The van der Waals surface area contributed by atoms with Crippen LogP contribution in [0.15, 0.2) is 54.6 Å². The molecule has 0 saturated carbocycles. The first-order chi connectivity index (χ1) is 13.0. The van der Waals surface area contributed by atoms with Gasteiger partial charge in [0, 0.05) is 24.8 Å². The summed E-state index contributed by atoms with van der Waals surface area (Å²) in [7, 11) is 1.72. The minimum Gasteiger partial charge on any atom is -0.322 e. The molecule has 0 radical (unpaired) electrons. The molecule has 3 rings (SSSR count). The van der Waals surface area contributed by atoms with Crippen LogP contribution in [0.3, 0.4) is 0 Å². The van der Waals surface area contributed by atoms with Gasteiger partial charge in [0.05, 0.1) is 6.17 Å². The number of nitrogens with zero attached hydrogens (tertiary/aromatic N) is 1. The summed E-state index contributed by atoms with van der Waals surface area (Å²) in [6, 6.07) is 17.5. The summed E-state index contributed by atoms with van der Waals surface area (Å²) < 4.78 is 0. The van der Waals surface area contributed by atoms with Crippen molar-refractivity contribution in [3.63, 3.8) is 0 Å². The molecular formula is C22H27N3O2. The van der Waals surface area contributed by atoms with E-state index in [4.69, 9.17) is 0 Å². The average molecular weight is 365 g/mol. The predicted molar refractivity (Wildman–Crippen MR) is 108 cm³/mol. The van der Waals surface area contributed by atoms with E-state index < -0.39 is 0 Å². The van der Waals surface area contributed by atoms with Gasteiger partial charge in [0.2, 0.25) is 0 Å². The zero-order valence-corrected chi connectivity index (χ0v) is 15.9. The number of piperidine rings is 1. The topological polar surface area (TPSA) is 61.4 Å². The van der Waals surface area contributed by atoms with Crippen LogP contribution in [0.1, 0.15) is 35.7 Å². The molecule has 1 fully saturated rings. The fourth-order valence-electron chi connectivity index (χ4n) is 3.46. The number of ketones is 1. The van der Waals surface area contributed by atoms with Crippen molar-refractivity contribution in [2.45, 2.75) is 32.4 Å². The summed E-state index contributed by atoms with van der Waals surface area (Å²) in [5.41, 5.74) is 2.67. The van der Waals surface area contributed by atoms with Crippen LogP contribution in [0.4, 0.5) is 10.5 Å². The van der Waals surface area contributed by atoms with E-state index in [0.29, 0.717) is 17.2 Å². The Balaban J connectivity index is 1.50. The number of hydrogen-bond donors (Lipinski definition) is 2. The van der Waals surface area contributed by atoms with Gasteiger partial charge in [-0.2, -0.15) is 0 Å². The standard InChI is InChI=1S/C22H27N3O2/c1-16(26)19-9-6-10-20(14-19)25(2)22(27)24-21-12-11-18(15-23-21)13-17-7-4-3-5-8-17/h3-10,14,18,21,23H,11-13,15H2,1-2H3,(H,24,27). The number of hydrogen-bond acceptors (Lipinski definition) is 3. The van der Waals surface area contributed by atoms with E-state index in [1.807, 2.05) is 12.1 Å². The van der Waals surface area contributed by atoms with Crippen LogP contribution in [-0.2, 0) is 6.42 Å². The minimum absolute atomic E-state index is 0.0101. The Bertz CT molecular complexity index is 783. The Hall–Kier alpha value is -2.66. The highest BCUT2D eigenvalue weighted by Crippen LogP contribution is 2.19. The van der Waals surface area contributed by atoms with Gasteiger partial charge >= 0.3 is 6.03 Å². The molecule has 1 aliphatic rings. The van der Waals surface area contributed by atoms with Gasteiger partial charge in [0.15, 0.2) is 5.78 Å². The van der Waals surface area contributed by atoms with Gasteiger partial charge in [-0.25, -0.2) is 4.79 Å². The number of carbonyl (C=O) groups is 2. The molecule has 2 aromatic carbocycles. The lowest BCUT2D eigenvalue weighted by molar-refractivity contribution is 0.101. The van der Waals surface area contributed by atoms with Crippen molar-refractivity contribution in [2.24, 2.45) is 5.92 Å². The van der Waals surface area contributed by atoms with E-state index in [1.165, 1.54) is 12.5 Å². The Kier molecular flexibility index (Phi) is 6.24. The lowest BCUT2D eigenvalue weighted by Gasteiger charge is -2.32. The van der Waals surface area contributed by atoms with Gasteiger partial charge in [0.1, 0.15) is 0 Å². The maximum Gasteiger partial charge on any atom is 0.322 e. The Morgan fingerprint density at radius 2 is 1.89 bits per heavy atom. The van der Waals surface area contributed by atoms with Crippen molar-refractivity contribution in [3.8, 4) is 0 Å². The van der Waals surface area contributed by atoms with E-state index in [2.05, 4.69) is 34.9 Å². The third-order valence-electron chi connectivity index (χ3n) is 5.13. The van der Waals surface area contributed by atoms with E-state index in [9.17, 15) is 9.59 Å². The first kappa shape index (κ1) is 19.1. The quantitative estimate of drug-likeness (QED) is 0.796. The smallest absolute Gasteiger partial charge is 0.322 e. The van der Waals surface area contributed by atoms with Crippen LogP contribution in [-0.4, -0.2) is 31.6 Å². The van der Waals surface area contributed by atoms with Gasteiger partial charge in [0.25, 0.3) is 0 Å². The number of rotatable bonds is 5. The number of nitrogens with one attached hydrogen (secondary N) is 2. The minimum atomic E-state index is -0.172. The zero-order chi connectivity index (χ0) is 19.2. The molecular weight excluding hydrogens is 338 g/mol. The number of Topliss-reactive ketones (excluding diaryl/α,β-unsaturated/α-hetero) is 1. The Morgan fingerprint density at radius 1 is 1.11 bits per heavy atom. The normalized spacial score (nSPS) is 19.3. The molecule has 2 atom stereocenters. The number of carbonyl (C=O) groups excluding carboxylic acids is 2. The Morgan fingerprint density at radius 3 is 2.56 bits per heavy atom. The van der Waals surface area contributed by atoms with E-state index in [0.717, 1.165) is 25.8 Å². The molecule has 5 heteroatoms. The molecule has 1 aliphatic heterocycles. The zero-order valence-electron chi connectivity index (χ0n) is 15.9. The number of anilines is 1. The van der Waals surface area contributed by atoms with Crippen LogP contribution in [0.5, 0.6) is 0 Å². The van der Waals surface area contributed by atoms with Crippen LogP contribution in [0.25, 0.3) is 0 Å². The third-order valence-corrected chi connectivity index (χ3v) is 5.13. The van der Waals surface area contributed by atoms with Crippen molar-refractivity contribution >= 4 is 17.5 Å². The maximum atomic E-state index is 12.6. The first-order valence-corrected chi connectivity index (χ1v) is 9.45.